The van der Waals surface area contributed by atoms with Crippen LogP contribution in [0.3, 0.4) is 0 Å². The number of carbonyl (C=O) groups is 2. The quantitative estimate of drug-likeness (QED) is 0.627. The lowest BCUT2D eigenvalue weighted by Gasteiger charge is -2.19. The minimum atomic E-state index is -0.342. The minimum absolute atomic E-state index is 0.0221. The molecule has 0 saturated carbocycles. The zero-order valence-corrected chi connectivity index (χ0v) is 12.6. The van der Waals surface area contributed by atoms with Crippen LogP contribution in [0, 0.1) is 5.92 Å². The van der Waals surface area contributed by atoms with Gasteiger partial charge in [0, 0.05) is 30.6 Å². The first kappa shape index (κ1) is 14.9. The number of hydroxylamine groups is 2. The summed E-state index contributed by atoms with van der Waals surface area (Å²) in [5.41, 5.74) is 0.845. The fourth-order valence-corrected chi connectivity index (χ4v) is 2.70. The van der Waals surface area contributed by atoms with E-state index < -0.39 is 0 Å². The van der Waals surface area contributed by atoms with E-state index in [2.05, 4.69) is 0 Å². The molecule has 20 heavy (non-hydrogen) atoms. The van der Waals surface area contributed by atoms with Crippen molar-refractivity contribution in [3.63, 3.8) is 0 Å². The zero-order valence-electron chi connectivity index (χ0n) is 11.8. The summed E-state index contributed by atoms with van der Waals surface area (Å²) in [6, 6.07) is 7.78. The lowest BCUT2D eigenvalue weighted by Crippen LogP contribution is -2.34. The smallest absolute Gasteiger partial charge is 0.251 e. The molecule has 0 N–H and O–H groups in total. The van der Waals surface area contributed by atoms with Gasteiger partial charge in [-0.05, 0) is 24.5 Å². The van der Waals surface area contributed by atoms with Crippen molar-refractivity contribution in [2.45, 2.75) is 11.3 Å². The lowest BCUT2D eigenvalue weighted by molar-refractivity contribution is -0.172. The number of thioether (sulfide) groups is 1. The van der Waals surface area contributed by atoms with Crippen LogP contribution < -0.4 is 4.90 Å². The van der Waals surface area contributed by atoms with Crippen molar-refractivity contribution in [2.24, 2.45) is 5.92 Å². The highest BCUT2D eigenvalue weighted by atomic mass is 32.2. The van der Waals surface area contributed by atoms with Gasteiger partial charge in [-0.3, -0.25) is 14.4 Å². The Labute approximate surface area is 122 Å². The van der Waals surface area contributed by atoms with Crippen LogP contribution in [0.1, 0.15) is 6.42 Å². The van der Waals surface area contributed by atoms with Gasteiger partial charge in [0.15, 0.2) is 0 Å². The van der Waals surface area contributed by atoms with Gasteiger partial charge in [-0.25, -0.2) is 5.06 Å². The number of carbonyl (C=O) groups excluding carboxylic acids is 2. The topological polar surface area (TPSA) is 49.9 Å². The number of rotatable bonds is 4. The number of hydrogen-bond donors (Lipinski definition) is 0. The van der Waals surface area contributed by atoms with Gasteiger partial charge in [-0.15, -0.1) is 11.8 Å². The van der Waals surface area contributed by atoms with Crippen LogP contribution in [0.5, 0.6) is 0 Å². The number of amides is 2. The molecule has 1 aliphatic heterocycles. The standard InChI is InChI=1S/C14H18N2O3S/c1-15(19-2)14(18)10-7-13(17)16(9-10)11-5-4-6-12(8-11)20-3/h4-6,8,10H,7,9H2,1-3H3/t10-/m1/s1. The summed E-state index contributed by atoms with van der Waals surface area (Å²) >= 11 is 1.63. The molecule has 108 valence electrons. The summed E-state index contributed by atoms with van der Waals surface area (Å²) in [4.78, 5) is 31.8. The predicted molar refractivity (Wildman–Crippen MR) is 78.5 cm³/mol. The molecular formula is C14H18N2O3S. The van der Waals surface area contributed by atoms with Crippen LogP contribution >= 0.6 is 11.8 Å². The Morgan fingerprint density at radius 2 is 2.25 bits per heavy atom. The highest BCUT2D eigenvalue weighted by Crippen LogP contribution is 2.28. The Morgan fingerprint density at radius 1 is 1.50 bits per heavy atom. The maximum Gasteiger partial charge on any atom is 0.251 e. The molecule has 0 spiro atoms. The Balaban J connectivity index is 2.14. The van der Waals surface area contributed by atoms with Gasteiger partial charge in [0.25, 0.3) is 5.91 Å². The maximum absolute atomic E-state index is 12.1. The van der Waals surface area contributed by atoms with Crippen LogP contribution in [0.4, 0.5) is 5.69 Å². The number of benzene rings is 1. The predicted octanol–water partition coefficient (Wildman–Crippen LogP) is 1.78. The highest BCUT2D eigenvalue weighted by Gasteiger charge is 2.36. The molecule has 6 heteroatoms. The van der Waals surface area contributed by atoms with Crippen molar-refractivity contribution in [3.8, 4) is 0 Å². The first-order valence-corrected chi connectivity index (χ1v) is 7.55. The van der Waals surface area contributed by atoms with Crippen molar-refractivity contribution in [2.75, 3.05) is 31.9 Å². The third-order valence-electron chi connectivity index (χ3n) is 3.42. The highest BCUT2D eigenvalue weighted by molar-refractivity contribution is 7.98. The van der Waals surface area contributed by atoms with Gasteiger partial charge in [0.1, 0.15) is 0 Å². The van der Waals surface area contributed by atoms with E-state index in [-0.39, 0.29) is 24.2 Å². The molecule has 1 saturated heterocycles. The molecule has 1 aromatic carbocycles. The molecule has 5 nitrogen and oxygen atoms in total. The van der Waals surface area contributed by atoms with E-state index in [1.165, 1.54) is 12.2 Å². The molecule has 1 aromatic rings. The number of nitrogens with zero attached hydrogens (tertiary/aromatic N) is 2. The molecule has 0 unspecified atom stereocenters. The van der Waals surface area contributed by atoms with Gasteiger partial charge in [0.2, 0.25) is 5.91 Å². The van der Waals surface area contributed by atoms with E-state index in [0.717, 1.165) is 10.6 Å². The first-order chi connectivity index (χ1) is 9.56. The molecule has 2 rings (SSSR count). The second kappa shape index (κ2) is 6.28. The molecule has 1 atom stereocenters. The minimum Gasteiger partial charge on any atom is -0.312 e. The van der Waals surface area contributed by atoms with Gasteiger partial charge in [-0.2, -0.15) is 0 Å². The summed E-state index contributed by atoms with van der Waals surface area (Å²) in [7, 11) is 3.00. The van der Waals surface area contributed by atoms with E-state index in [0.29, 0.717) is 6.54 Å². The second-order valence-corrected chi connectivity index (χ2v) is 5.50. The van der Waals surface area contributed by atoms with Gasteiger partial charge < -0.3 is 4.90 Å². The average molecular weight is 294 g/mol. The molecule has 0 bridgehead atoms. The molecule has 2 amide bonds. The molecule has 1 fully saturated rings. The average Bonchev–Trinajstić information content (AvgIpc) is 2.87. The van der Waals surface area contributed by atoms with E-state index >= 15 is 0 Å². The molecule has 0 aliphatic carbocycles. The normalized spacial score (nSPS) is 18.4. The summed E-state index contributed by atoms with van der Waals surface area (Å²) in [5, 5.41) is 1.18. The summed E-state index contributed by atoms with van der Waals surface area (Å²) < 4.78 is 0. The Morgan fingerprint density at radius 3 is 2.90 bits per heavy atom. The SMILES string of the molecule is CON(C)C(=O)[C@@H]1CC(=O)N(c2cccc(SC)c2)C1. The van der Waals surface area contributed by atoms with Gasteiger partial charge in [0.05, 0.1) is 13.0 Å². The lowest BCUT2D eigenvalue weighted by atomic mass is 10.1. The zero-order chi connectivity index (χ0) is 14.7. The molecule has 0 radical (unpaired) electrons. The summed E-state index contributed by atoms with van der Waals surface area (Å²) in [5.74, 6) is -0.527. The van der Waals surface area contributed by atoms with Gasteiger partial charge in [-0.1, -0.05) is 6.07 Å². The first-order valence-electron chi connectivity index (χ1n) is 6.33. The van der Waals surface area contributed by atoms with Crippen molar-refractivity contribution in [3.05, 3.63) is 24.3 Å². The summed E-state index contributed by atoms with van der Waals surface area (Å²) in [6.07, 6.45) is 2.22. The van der Waals surface area contributed by atoms with Crippen molar-refractivity contribution in [1.29, 1.82) is 0 Å². The van der Waals surface area contributed by atoms with E-state index in [1.807, 2.05) is 30.5 Å². The van der Waals surface area contributed by atoms with Crippen LogP contribution in [0.2, 0.25) is 0 Å². The Bertz CT molecular complexity index is 521. The Hall–Kier alpha value is -1.53. The Kier molecular flexibility index (Phi) is 4.67. The number of anilines is 1. The van der Waals surface area contributed by atoms with Crippen LogP contribution in [-0.4, -0.2) is 43.8 Å². The van der Waals surface area contributed by atoms with E-state index in [4.69, 9.17) is 4.84 Å². The van der Waals surface area contributed by atoms with Crippen LogP contribution in [-0.2, 0) is 14.4 Å². The monoisotopic (exact) mass is 294 g/mol. The second-order valence-electron chi connectivity index (χ2n) is 4.63. The van der Waals surface area contributed by atoms with Gasteiger partial charge >= 0.3 is 0 Å². The molecule has 0 aromatic heterocycles. The maximum atomic E-state index is 12.1. The third-order valence-corrected chi connectivity index (χ3v) is 4.15. The third kappa shape index (κ3) is 2.96. The number of hydrogen-bond acceptors (Lipinski definition) is 4. The van der Waals surface area contributed by atoms with Crippen LogP contribution in [0.15, 0.2) is 29.2 Å². The van der Waals surface area contributed by atoms with E-state index in [9.17, 15) is 9.59 Å². The fourth-order valence-electron chi connectivity index (χ4n) is 2.25. The summed E-state index contributed by atoms with van der Waals surface area (Å²) in [6.45, 7) is 0.406. The fraction of sp³-hybridized carbons (Fsp3) is 0.429. The largest absolute Gasteiger partial charge is 0.312 e. The molecular weight excluding hydrogens is 276 g/mol. The van der Waals surface area contributed by atoms with Crippen molar-refractivity contribution in [1.82, 2.24) is 5.06 Å². The van der Waals surface area contributed by atoms with Crippen molar-refractivity contribution >= 4 is 29.3 Å². The van der Waals surface area contributed by atoms with Crippen molar-refractivity contribution < 1.29 is 14.4 Å². The molecule has 1 heterocycles. The van der Waals surface area contributed by atoms with Crippen LogP contribution in [0.25, 0.3) is 0 Å². The molecule has 1 aliphatic rings. The van der Waals surface area contributed by atoms with E-state index in [1.54, 1.807) is 23.7 Å².